The molecule has 1 heterocycles. The molecular weight excluding hydrogens is 319 g/mol. The van der Waals surface area contributed by atoms with Gasteiger partial charge in [0.1, 0.15) is 0 Å². The van der Waals surface area contributed by atoms with Gasteiger partial charge in [-0.05, 0) is 18.7 Å². The van der Waals surface area contributed by atoms with Crippen LogP contribution < -0.4 is 0 Å². The van der Waals surface area contributed by atoms with Crippen molar-refractivity contribution in [3.05, 3.63) is 33.8 Å². The molecule has 1 saturated heterocycles. The number of rotatable bonds is 4. The topological polar surface area (TPSA) is 40.6 Å². The van der Waals surface area contributed by atoms with Crippen molar-refractivity contribution in [3.8, 4) is 0 Å². The summed E-state index contributed by atoms with van der Waals surface area (Å²) in [4.78, 5) is 2.23. The average Bonchev–Trinajstić information content (AvgIpc) is 2.43. The second-order valence-electron chi connectivity index (χ2n) is 4.79. The van der Waals surface area contributed by atoms with E-state index in [1.165, 1.54) is 4.31 Å². The Balaban J connectivity index is 2.12. The van der Waals surface area contributed by atoms with E-state index >= 15 is 0 Å². The molecule has 1 aromatic carbocycles. The lowest BCUT2D eigenvalue weighted by Gasteiger charge is -2.33. The molecule has 0 unspecified atom stereocenters. The highest BCUT2D eigenvalue weighted by Gasteiger charge is 2.27. The molecule has 112 valence electrons. The highest BCUT2D eigenvalue weighted by Crippen LogP contribution is 2.27. The van der Waals surface area contributed by atoms with Gasteiger partial charge in [-0.15, -0.1) is 0 Å². The first-order valence-corrected chi connectivity index (χ1v) is 8.93. The van der Waals surface area contributed by atoms with Gasteiger partial charge < -0.3 is 4.90 Å². The molecule has 0 atom stereocenters. The largest absolute Gasteiger partial charge is 0.301 e. The van der Waals surface area contributed by atoms with E-state index in [0.717, 1.165) is 19.6 Å². The molecule has 1 aliphatic heterocycles. The second-order valence-corrected chi connectivity index (χ2v) is 7.57. The monoisotopic (exact) mass is 336 g/mol. The Bertz CT molecular complexity index is 549. The van der Waals surface area contributed by atoms with Gasteiger partial charge in [-0.1, -0.05) is 36.2 Å². The molecule has 1 aliphatic rings. The molecule has 0 amide bonds. The van der Waals surface area contributed by atoms with Crippen molar-refractivity contribution in [2.24, 2.45) is 0 Å². The maximum absolute atomic E-state index is 12.4. The van der Waals surface area contributed by atoms with Crippen LogP contribution in [-0.4, -0.2) is 50.3 Å². The SMILES string of the molecule is CCN1CCN(S(=O)(=O)Cc2c(Cl)cccc2Cl)CC1. The number of piperazine rings is 1. The zero-order chi connectivity index (χ0) is 14.8. The van der Waals surface area contributed by atoms with Crippen LogP contribution in [-0.2, 0) is 15.8 Å². The Morgan fingerprint density at radius 1 is 1.10 bits per heavy atom. The van der Waals surface area contributed by atoms with Crippen LogP contribution in [0.1, 0.15) is 12.5 Å². The van der Waals surface area contributed by atoms with E-state index < -0.39 is 10.0 Å². The summed E-state index contributed by atoms with van der Waals surface area (Å²) in [5, 5.41) is 0.793. The molecule has 0 bridgehead atoms. The van der Waals surface area contributed by atoms with Gasteiger partial charge in [0.15, 0.2) is 0 Å². The summed E-state index contributed by atoms with van der Waals surface area (Å²) in [5.74, 6) is -0.141. The minimum absolute atomic E-state index is 0.141. The molecule has 0 saturated carbocycles. The van der Waals surface area contributed by atoms with Crippen LogP contribution in [0.3, 0.4) is 0 Å². The molecule has 0 aromatic heterocycles. The van der Waals surface area contributed by atoms with Crippen molar-refractivity contribution in [1.29, 1.82) is 0 Å². The summed E-state index contributed by atoms with van der Waals surface area (Å²) in [6.07, 6.45) is 0. The third-order valence-corrected chi connectivity index (χ3v) is 6.07. The van der Waals surface area contributed by atoms with E-state index in [9.17, 15) is 8.42 Å². The summed E-state index contributed by atoms with van der Waals surface area (Å²) in [5.41, 5.74) is 0.480. The summed E-state index contributed by atoms with van der Waals surface area (Å²) >= 11 is 12.1. The van der Waals surface area contributed by atoms with Crippen molar-refractivity contribution in [3.63, 3.8) is 0 Å². The van der Waals surface area contributed by atoms with E-state index in [0.29, 0.717) is 28.7 Å². The lowest BCUT2D eigenvalue weighted by molar-refractivity contribution is 0.196. The van der Waals surface area contributed by atoms with Gasteiger partial charge >= 0.3 is 0 Å². The Morgan fingerprint density at radius 3 is 2.15 bits per heavy atom. The van der Waals surface area contributed by atoms with Crippen molar-refractivity contribution in [2.75, 3.05) is 32.7 Å². The van der Waals surface area contributed by atoms with Crippen LogP contribution in [0.2, 0.25) is 10.0 Å². The molecule has 0 N–H and O–H groups in total. The normalized spacial score (nSPS) is 18.4. The summed E-state index contributed by atoms with van der Waals surface area (Å²) < 4.78 is 26.4. The summed E-state index contributed by atoms with van der Waals surface area (Å²) in [7, 11) is -3.38. The molecule has 2 rings (SSSR count). The third-order valence-electron chi connectivity index (χ3n) is 3.56. The van der Waals surface area contributed by atoms with Gasteiger partial charge in [-0.25, -0.2) is 8.42 Å². The van der Waals surface area contributed by atoms with Gasteiger partial charge in [0, 0.05) is 41.8 Å². The van der Waals surface area contributed by atoms with Crippen LogP contribution in [0.4, 0.5) is 0 Å². The van der Waals surface area contributed by atoms with E-state index in [2.05, 4.69) is 11.8 Å². The number of sulfonamides is 1. The van der Waals surface area contributed by atoms with Crippen LogP contribution in [0, 0.1) is 0 Å². The molecule has 0 spiro atoms. The summed E-state index contributed by atoms with van der Waals surface area (Å²) in [6, 6.07) is 5.03. The number of hydrogen-bond donors (Lipinski definition) is 0. The van der Waals surface area contributed by atoms with Gasteiger partial charge in [-0.3, -0.25) is 0 Å². The number of halogens is 2. The minimum Gasteiger partial charge on any atom is -0.301 e. The van der Waals surface area contributed by atoms with Gasteiger partial charge in [-0.2, -0.15) is 4.31 Å². The Labute approximate surface area is 130 Å². The fourth-order valence-electron chi connectivity index (χ4n) is 2.27. The molecule has 4 nitrogen and oxygen atoms in total. The van der Waals surface area contributed by atoms with Crippen LogP contribution in [0.5, 0.6) is 0 Å². The number of benzene rings is 1. The van der Waals surface area contributed by atoms with Gasteiger partial charge in [0.25, 0.3) is 0 Å². The number of nitrogens with zero attached hydrogens (tertiary/aromatic N) is 2. The van der Waals surface area contributed by atoms with Gasteiger partial charge in [0.05, 0.1) is 5.75 Å². The van der Waals surface area contributed by atoms with Crippen molar-refractivity contribution >= 4 is 33.2 Å². The van der Waals surface area contributed by atoms with E-state index in [1.54, 1.807) is 18.2 Å². The van der Waals surface area contributed by atoms with E-state index in [1.807, 2.05) is 0 Å². The minimum atomic E-state index is -3.38. The van der Waals surface area contributed by atoms with Gasteiger partial charge in [0.2, 0.25) is 10.0 Å². The zero-order valence-corrected chi connectivity index (χ0v) is 13.7. The number of likely N-dealkylation sites (N-methyl/N-ethyl adjacent to an activating group) is 1. The first kappa shape index (κ1) is 16.0. The Kier molecular flexibility index (Phi) is 5.31. The Hall–Kier alpha value is -0.330. The standard InChI is InChI=1S/C13H18Cl2N2O2S/c1-2-16-6-8-17(9-7-16)20(18,19)10-11-12(14)4-3-5-13(11)15/h3-5H,2,6-10H2,1H3. The van der Waals surface area contributed by atoms with Crippen LogP contribution >= 0.6 is 23.2 Å². The smallest absolute Gasteiger partial charge is 0.218 e. The molecule has 20 heavy (non-hydrogen) atoms. The van der Waals surface area contributed by atoms with Crippen LogP contribution in [0.25, 0.3) is 0 Å². The third kappa shape index (κ3) is 3.65. The zero-order valence-electron chi connectivity index (χ0n) is 11.3. The Morgan fingerprint density at radius 2 is 1.65 bits per heavy atom. The van der Waals surface area contributed by atoms with E-state index in [4.69, 9.17) is 23.2 Å². The quantitative estimate of drug-likeness (QED) is 0.847. The highest BCUT2D eigenvalue weighted by atomic mass is 35.5. The van der Waals surface area contributed by atoms with Crippen molar-refractivity contribution in [1.82, 2.24) is 9.21 Å². The predicted molar refractivity (Wildman–Crippen MR) is 82.8 cm³/mol. The fourth-order valence-corrected chi connectivity index (χ4v) is 4.54. The lowest BCUT2D eigenvalue weighted by atomic mass is 10.2. The average molecular weight is 337 g/mol. The maximum Gasteiger partial charge on any atom is 0.218 e. The molecule has 0 radical (unpaired) electrons. The van der Waals surface area contributed by atoms with Crippen molar-refractivity contribution in [2.45, 2.75) is 12.7 Å². The van der Waals surface area contributed by atoms with E-state index in [-0.39, 0.29) is 5.75 Å². The first-order chi connectivity index (χ1) is 9.44. The maximum atomic E-state index is 12.4. The summed E-state index contributed by atoms with van der Waals surface area (Å²) in [6.45, 7) is 5.62. The number of hydrogen-bond acceptors (Lipinski definition) is 3. The predicted octanol–water partition coefficient (Wildman–Crippen LogP) is 2.46. The molecule has 0 aliphatic carbocycles. The first-order valence-electron chi connectivity index (χ1n) is 6.57. The highest BCUT2D eigenvalue weighted by molar-refractivity contribution is 7.88. The second kappa shape index (κ2) is 6.62. The fraction of sp³-hybridized carbons (Fsp3) is 0.538. The molecule has 7 heteroatoms. The molecule has 1 aromatic rings. The van der Waals surface area contributed by atoms with Crippen LogP contribution in [0.15, 0.2) is 18.2 Å². The van der Waals surface area contributed by atoms with Crippen molar-refractivity contribution < 1.29 is 8.42 Å². The molecule has 1 fully saturated rings. The molecular formula is C13H18Cl2N2O2S. The lowest BCUT2D eigenvalue weighted by Crippen LogP contribution is -2.48.